The van der Waals surface area contributed by atoms with E-state index in [9.17, 15) is 13.2 Å². The first kappa shape index (κ1) is 24.0. The van der Waals surface area contributed by atoms with Crippen LogP contribution in [0.1, 0.15) is 20.8 Å². The molecule has 10 nitrogen and oxygen atoms in total. The van der Waals surface area contributed by atoms with Crippen LogP contribution in [0.15, 0.2) is 34.4 Å². The van der Waals surface area contributed by atoms with E-state index in [4.69, 9.17) is 0 Å². The average Bonchev–Trinajstić information content (AvgIpc) is 2.71. The van der Waals surface area contributed by atoms with E-state index in [2.05, 4.69) is 35.1 Å². The zero-order chi connectivity index (χ0) is 22.0. The predicted octanol–water partition coefficient (Wildman–Crippen LogP) is -0.532. The number of sulfonamides is 1. The molecule has 30 heavy (non-hydrogen) atoms. The molecule has 0 saturated carbocycles. The molecular weight excluding hydrogens is 406 g/mol. The van der Waals surface area contributed by atoms with Crippen molar-refractivity contribution in [2.24, 2.45) is 4.99 Å². The van der Waals surface area contributed by atoms with Crippen molar-refractivity contribution < 1.29 is 13.2 Å². The van der Waals surface area contributed by atoms with Gasteiger partial charge in [-0.05, 0) is 32.9 Å². The lowest BCUT2D eigenvalue weighted by molar-refractivity contribution is -0.123. The Hall–Kier alpha value is -2.24. The van der Waals surface area contributed by atoms with Crippen LogP contribution in [0.25, 0.3) is 0 Å². The van der Waals surface area contributed by atoms with Gasteiger partial charge in [0.25, 0.3) is 0 Å². The fourth-order valence-electron chi connectivity index (χ4n) is 3.05. The van der Waals surface area contributed by atoms with Crippen molar-refractivity contribution in [1.82, 2.24) is 30.1 Å². The molecule has 1 aliphatic heterocycles. The van der Waals surface area contributed by atoms with Gasteiger partial charge in [-0.25, -0.2) is 13.1 Å². The van der Waals surface area contributed by atoms with Gasteiger partial charge in [-0.1, -0.05) is 0 Å². The van der Waals surface area contributed by atoms with Crippen LogP contribution in [-0.4, -0.2) is 93.5 Å². The molecular formula is C19H33N7O3S. The third-order valence-electron chi connectivity index (χ3n) is 4.43. The number of carbonyl (C=O) groups excluding carboxylic acids is 1. The maximum atomic E-state index is 12.2. The summed E-state index contributed by atoms with van der Waals surface area (Å²) in [5, 5.41) is 6.17. The number of hydrogen-bond acceptors (Lipinski definition) is 6. The van der Waals surface area contributed by atoms with Crippen molar-refractivity contribution in [3.63, 3.8) is 0 Å². The minimum atomic E-state index is -3.58. The number of amides is 1. The maximum Gasteiger partial charge on any atom is 0.242 e. The number of rotatable bonds is 9. The molecule has 0 aliphatic carbocycles. The molecule has 168 valence electrons. The number of aromatic nitrogens is 1. The summed E-state index contributed by atoms with van der Waals surface area (Å²) in [6.45, 7) is 10.6. The van der Waals surface area contributed by atoms with Gasteiger partial charge in [-0.15, -0.1) is 0 Å². The highest BCUT2D eigenvalue weighted by Gasteiger charge is 2.21. The molecule has 0 bridgehead atoms. The summed E-state index contributed by atoms with van der Waals surface area (Å²) in [4.78, 5) is 24.7. The van der Waals surface area contributed by atoms with Crippen LogP contribution in [-0.2, 0) is 14.8 Å². The lowest BCUT2D eigenvalue weighted by Gasteiger charge is -2.36. The molecule has 0 spiro atoms. The fourth-order valence-corrected chi connectivity index (χ4v) is 4.03. The van der Waals surface area contributed by atoms with Gasteiger partial charge in [0.2, 0.25) is 15.9 Å². The van der Waals surface area contributed by atoms with Gasteiger partial charge in [0.1, 0.15) is 4.90 Å². The molecule has 11 heteroatoms. The quantitative estimate of drug-likeness (QED) is 0.269. The summed E-state index contributed by atoms with van der Waals surface area (Å²) in [5.41, 5.74) is 0. The molecule has 1 amide bonds. The average molecular weight is 440 g/mol. The first-order valence-electron chi connectivity index (χ1n) is 10.3. The second kappa shape index (κ2) is 11.8. The molecule has 0 atom stereocenters. The van der Waals surface area contributed by atoms with Crippen LogP contribution >= 0.6 is 0 Å². The zero-order valence-electron chi connectivity index (χ0n) is 18.0. The van der Waals surface area contributed by atoms with E-state index >= 15 is 0 Å². The highest BCUT2D eigenvalue weighted by atomic mass is 32.2. The Balaban J connectivity index is 1.82. The first-order valence-corrected chi connectivity index (χ1v) is 11.7. The Bertz CT molecular complexity index is 792. The van der Waals surface area contributed by atoms with Gasteiger partial charge in [0.05, 0.1) is 13.1 Å². The van der Waals surface area contributed by atoms with Gasteiger partial charge in [0.15, 0.2) is 5.96 Å². The summed E-state index contributed by atoms with van der Waals surface area (Å²) < 4.78 is 27.0. The van der Waals surface area contributed by atoms with E-state index in [0.29, 0.717) is 13.1 Å². The molecule has 2 rings (SSSR count). The van der Waals surface area contributed by atoms with E-state index in [-0.39, 0.29) is 23.4 Å². The fraction of sp³-hybridized carbons (Fsp3) is 0.632. The molecule has 3 N–H and O–H groups in total. The van der Waals surface area contributed by atoms with Crippen LogP contribution < -0.4 is 15.4 Å². The summed E-state index contributed by atoms with van der Waals surface area (Å²) in [5.74, 6) is 0.796. The Labute approximate surface area is 179 Å². The van der Waals surface area contributed by atoms with Crippen LogP contribution in [0.3, 0.4) is 0 Å². The smallest absolute Gasteiger partial charge is 0.242 e. The van der Waals surface area contributed by atoms with Crippen molar-refractivity contribution in [3.8, 4) is 0 Å². The number of nitrogens with one attached hydrogen (secondary N) is 3. The van der Waals surface area contributed by atoms with E-state index in [1.54, 1.807) is 6.07 Å². The largest absolute Gasteiger partial charge is 0.357 e. The summed E-state index contributed by atoms with van der Waals surface area (Å²) in [7, 11) is -3.58. The van der Waals surface area contributed by atoms with Crippen molar-refractivity contribution in [2.75, 3.05) is 52.4 Å². The van der Waals surface area contributed by atoms with Gasteiger partial charge in [-0.2, -0.15) is 0 Å². The molecule has 0 unspecified atom stereocenters. The third kappa shape index (κ3) is 7.88. The Kier molecular flexibility index (Phi) is 9.47. The lowest BCUT2D eigenvalue weighted by Crippen LogP contribution is -2.54. The van der Waals surface area contributed by atoms with E-state index < -0.39 is 10.0 Å². The third-order valence-corrected chi connectivity index (χ3v) is 5.88. The molecule has 1 fully saturated rings. The van der Waals surface area contributed by atoms with E-state index in [0.717, 1.165) is 38.7 Å². The van der Waals surface area contributed by atoms with Crippen LogP contribution in [0, 0.1) is 0 Å². The molecule has 0 aromatic carbocycles. The normalized spacial score (nSPS) is 16.0. The second-order valence-corrected chi connectivity index (χ2v) is 9.07. The number of piperazine rings is 1. The highest BCUT2D eigenvalue weighted by Crippen LogP contribution is 2.05. The SMILES string of the molecule is CCNC(=NCCNS(=O)(=O)c1cccnc1)N1CCN(CC(=O)NC(C)C)CC1. The minimum absolute atomic E-state index is 0.0416. The number of aliphatic imine (C=N–C) groups is 1. The summed E-state index contributed by atoms with van der Waals surface area (Å²) in [6.07, 6.45) is 2.85. The van der Waals surface area contributed by atoms with Crippen molar-refractivity contribution in [1.29, 1.82) is 0 Å². The molecule has 1 aromatic heterocycles. The van der Waals surface area contributed by atoms with Crippen molar-refractivity contribution >= 4 is 21.9 Å². The van der Waals surface area contributed by atoms with Crippen molar-refractivity contribution in [3.05, 3.63) is 24.5 Å². The van der Waals surface area contributed by atoms with Crippen LogP contribution in [0.2, 0.25) is 0 Å². The summed E-state index contributed by atoms with van der Waals surface area (Å²) >= 11 is 0. The second-order valence-electron chi connectivity index (χ2n) is 7.31. The minimum Gasteiger partial charge on any atom is -0.357 e. The van der Waals surface area contributed by atoms with Gasteiger partial charge in [-0.3, -0.25) is 19.7 Å². The molecule has 1 aromatic rings. The van der Waals surface area contributed by atoms with Gasteiger partial charge < -0.3 is 15.5 Å². The number of pyridine rings is 1. The summed E-state index contributed by atoms with van der Waals surface area (Å²) in [6, 6.07) is 3.23. The zero-order valence-corrected chi connectivity index (χ0v) is 18.8. The number of guanidine groups is 1. The number of hydrogen-bond donors (Lipinski definition) is 3. The van der Waals surface area contributed by atoms with Crippen LogP contribution in [0.5, 0.6) is 0 Å². The molecule has 1 aliphatic rings. The molecule has 1 saturated heterocycles. The Morgan fingerprint density at radius 2 is 2.00 bits per heavy atom. The molecule has 0 radical (unpaired) electrons. The Morgan fingerprint density at radius 1 is 1.27 bits per heavy atom. The first-order chi connectivity index (χ1) is 14.3. The molecule has 2 heterocycles. The Morgan fingerprint density at radius 3 is 2.60 bits per heavy atom. The highest BCUT2D eigenvalue weighted by molar-refractivity contribution is 7.89. The van der Waals surface area contributed by atoms with Crippen molar-refractivity contribution in [2.45, 2.75) is 31.7 Å². The van der Waals surface area contributed by atoms with Gasteiger partial charge in [0, 0.05) is 57.7 Å². The number of nitrogens with zero attached hydrogens (tertiary/aromatic N) is 4. The topological polar surface area (TPSA) is 119 Å². The van der Waals surface area contributed by atoms with E-state index in [1.165, 1.54) is 18.5 Å². The standard InChI is InChI=1S/C19H33N7O3S/c1-4-21-19(22-8-9-23-30(28,29)17-6-5-7-20-14-17)26-12-10-25(11-13-26)15-18(27)24-16(2)3/h5-7,14,16,23H,4,8-13,15H2,1-3H3,(H,21,22)(H,24,27). The predicted molar refractivity (Wildman–Crippen MR) is 117 cm³/mol. The monoisotopic (exact) mass is 439 g/mol. The maximum absolute atomic E-state index is 12.2. The lowest BCUT2D eigenvalue weighted by atomic mass is 10.3. The van der Waals surface area contributed by atoms with Crippen LogP contribution in [0.4, 0.5) is 0 Å². The van der Waals surface area contributed by atoms with Gasteiger partial charge >= 0.3 is 0 Å². The van der Waals surface area contributed by atoms with E-state index in [1.807, 2.05) is 20.8 Å². The number of carbonyl (C=O) groups is 1.